The van der Waals surface area contributed by atoms with Crippen LogP contribution >= 0.6 is 11.8 Å². The highest BCUT2D eigenvalue weighted by Crippen LogP contribution is 2.50. The Balaban J connectivity index is 0.937. The molecule has 3 aliphatic carbocycles. The Hall–Kier alpha value is -5.51. The Bertz CT molecular complexity index is 2710. The van der Waals surface area contributed by atoms with E-state index in [2.05, 4.69) is 180 Å². The summed E-state index contributed by atoms with van der Waals surface area (Å²) in [5.41, 5.74) is 11.6. The fourth-order valence-electron chi connectivity index (χ4n) is 10.6. The van der Waals surface area contributed by atoms with Crippen LogP contribution in [0.25, 0.3) is 22.9 Å². The van der Waals surface area contributed by atoms with Crippen LogP contribution < -0.4 is 20.2 Å². The molecule has 0 saturated heterocycles. The first kappa shape index (κ1) is 36.6. The van der Waals surface area contributed by atoms with Crippen LogP contribution in [0.3, 0.4) is 0 Å². The zero-order valence-electron chi connectivity index (χ0n) is 33.8. The van der Waals surface area contributed by atoms with Crippen molar-refractivity contribution in [1.82, 2.24) is 0 Å². The van der Waals surface area contributed by atoms with E-state index in [1.807, 2.05) is 11.8 Å². The summed E-state index contributed by atoms with van der Waals surface area (Å²) in [7, 11) is 0. The number of rotatable bonds is 8. The molecule has 0 bridgehead atoms. The maximum absolute atomic E-state index is 2.55. The Kier molecular flexibility index (Phi) is 9.87. The molecule has 0 N–H and O–H groups in total. The maximum atomic E-state index is 2.55. The van der Waals surface area contributed by atoms with Gasteiger partial charge in [-0.1, -0.05) is 123 Å². The number of para-hydroxylation sites is 2. The lowest BCUT2D eigenvalue weighted by Crippen LogP contribution is -2.32. The summed E-state index contributed by atoms with van der Waals surface area (Å²) in [4.78, 5) is 6.26. The Morgan fingerprint density at radius 1 is 0.390 bits per heavy atom. The number of thioether (sulfide) groups is 1. The molecule has 11 rings (SSSR count). The summed E-state index contributed by atoms with van der Waals surface area (Å²) in [5.74, 6) is 1.72. The quantitative estimate of drug-likeness (QED) is 0.152. The van der Waals surface area contributed by atoms with Crippen molar-refractivity contribution in [3.8, 4) is 0 Å². The SMILES string of the molecule is C1=c2ccc(N(c3ccccc3)c3ccc(C4CCCCC4)cc3)cc2=CC2c3cc4cc(N(c5ccccc5)c5ccc(C6CCCCC6)cc5)ccc4cc3SC12. The van der Waals surface area contributed by atoms with Crippen molar-refractivity contribution in [3.63, 3.8) is 0 Å². The van der Waals surface area contributed by atoms with Crippen molar-refractivity contribution in [2.24, 2.45) is 0 Å². The molecule has 0 radical (unpaired) electrons. The zero-order chi connectivity index (χ0) is 39.1. The third kappa shape index (κ3) is 7.18. The van der Waals surface area contributed by atoms with Crippen molar-refractivity contribution in [3.05, 3.63) is 185 Å². The molecule has 0 aromatic heterocycles. The second-order valence-electron chi connectivity index (χ2n) is 17.4. The largest absolute Gasteiger partial charge is 0.310 e. The van der Waals surface area contributed by atoms with E-state index in [-0.39, 0.29) is 0 Å². The molecule has 0 amide bonds. The maximum Gasteiger partial charge on any atom is 0.0468 e. The number of nitrogens with zero attached hydrogens (tertiary/aromatic N) is 2. The van der Waals surface area contributed by atoms with Gasteiger partial charge in [-0.2, -0.15) is 0 Å². The topological polar surface area (TPSA) is 6.48 Å². The van der Waals surface area contributed by atoms with Crippen LogP contribution in [0.15, 0.2) is 163 Å². The summed E-state index contributed by atoms with van der Waals surface area (Å²) < 4.78 is 0. The minimum atomic E-state index is 0.323. The van der Waals surface area contributed by atoms with Gasteiger partial charge in [0.05, 0.1) is 0 Å². The van der Waals surface area contributed by atoms with E-state index >= 15 is 0 Å². The van der Waals surface area contributed by atoms with Gasteiger partial charge in [-0.3, -0.25) is 0 Å². The monoisotopic (exact) mass is 784 g/mol. The summed E-state index contributed by atoms with van der Waals surface area (Å²) >= 11 is 2.03. The van der Waals surface area contributed by atoms with Gasteiger partial charge in [0.15, 0.2) is 0 Å². The van der Waals surface area contributed by atoms with Gasteiger partial charge in [-0.15, -0.1) is 11.8 Å². The molecule has 2 atom stereocenters. The van der Waals surface area contributed by atoms with Crippen molar-refractivity contribution in [1.29, 1.82) is 0 Å². The number of hydrogen-bond acceptors (Lipinski definition) is 3. The minimum absolute atomic E-state index is 0.323. The first-order valence-corrected chi connectivity index (χ1v) is 23.1. The number of fused-ring (bicyclic) bond motifs is 5. The van der Waals surface area contributed by atoms with Crippen LogP contribution in [0, 0.1) is 0 Å². The van der Waals surface area contributed by atoms with Crippen molar-refractivity contribution in [2.75, 3.05) is 9.80 Å². The number of hydrogen-bond donors (Lipinski definition) is 0. The van der Waals surface area contributed by atoms with E-state index in [1.165, 1.54) is 141 Å². The van der Waals surface area contributed by atoms with Gasteiger partial charge in [0, 0.05) is 50.2 Å². The van der Waals surface area contributed by atoms with Gasteiger partial charge >= 0.3 is 0 Å². The first-order valence-electron chi connectivity index (χ1n) is 22.2. The summed E-state index contributed by atoms with van der Waals surface area (Å²) in [6.45, 7) is 0. The van der Waals surface area contributed by atoms with Crippen LogP contribution in [0.5, 0.6) is 0 Å². The van der Waals surface area contributed by atoms with Crippen molar-refractivity contribution >= 4 is 68.8 Å². The third-order valence-electron chi connectivity index (χ3n) is 13.7. The van der Waals surface area contributed by atoms with Gasteiger partial charge in [-0.25, -0.2) is 0 Å². The van der Waals surface area contributed by atoms with E-state index < -0.39 is 0 Å². The summed E-state index contributed by atoms with van der Waals surface area (Å²) in [6.07, 6.45) is 18.5. The predicted molar refractivity (Wildman–Crippen MR) is 252 cm³/mol. The van der Waals surface area contributed by atoms with Gasteiger partial charge in [0.2, 0.25) is 0 Å². The Morgan fingerprint density at radius 3 is 1.47 bits per heavy atom. The first-order chi connectivity index (χ1) is 29.2. The fraction of sp³-hybridized carbons (Fsp3) is 0.250. The second-order valence-corrected chi connectivity index (χ2v) is 18.6. The van der Waals surface area contributed by atoms with Crippen LogP contribution in [0.2, 0.25) is 0 Å². The molecule has 2 unspecified atom stereocenters. The van der Waals surface area contributed by atoms with Gasteiger partial charge in [-0.05, 0) is 160 Å². The van der Waals surface area contributed by atoms with E-state index in [4.69, 9.17) is 0 Å². The summed E-state index contributed by atoms with van der Waals surface area (Å²) in [6, 6.07) is 59.7. The molecular formula is C56H52N2S. The standard InChI is InChI=1S/C56H52N2S/c1-5-13-39(14-6-1)41-21-27-49(28-22-41)57(47-17-9-3-10-18-47)51-31-25-43-37-55-53(35-45(43)33-51)54-36-46-34-52(32-26-44(46)38-56(54)59-55)58(48-19-11-4-12-20-48)50-29-23-42(24-30-50)40-15-7-2-8-16-40/h3-4,9-12,17-40,53,55H,1-2,5-8,13-16H2. The van der Waals surface area contributed by atoms with E-state index in [9.17, 15) is 0 Å². The molecule has 2 nitrogen and oxygen atoms in total. The van der Waals surface area contributed by atoms with Crippen LogP contribution in [0.1, 0.15) is 98.7 Å². The van der Waals surface area contributed by atoms with Gasteiger partial charge < -0.3 is 9.80 Å². The van der Waals surface area contributed by atoms with Crippen molar-refractivity contribution < 1.29 is 0 Å². The van der Waals surface area contributed by atoms with E-state index in [0.717, 1.165) is 0 Å². The average molecular weight is 785 g/mol. The molecule has 1 heterocycles. The number of anilines is 6. The highest BCUT2D eigenvalue weighted by atomic mass is 32.2. The average Bonchev–Trinajstić information content (AvgIpc) is 3.65. The lowest BCUT2D eigenvalue weighted by Gasteiger charge is -2.27. The van der Waals surface area contributed by atoms with Gasteiger partial charge in [0.25, 0.3) is 0 Å². The zero-order valence-corrected chi connectivity index (χ0v) is 34.7. The normalized spacial score (nSPS) is 18.9. The van der Waals surface area contributed by atoms with E-state index in [1.54, 1.807) is 0 Å². The van der Waals surface area contributed by atoms with Crippen LogP contribution in [0.4, 0.5) is 34.1 Å². The number of benzene rings is 7. The fourth-order valence-corrected chi connectivity index (χ4v) is 12.0. The molecule has 292 valence electrons. The molecule has 7 aromatic carbocycles. The lowest BCUT2D eigenvalue weighted by molar-refractivity contribution is 0.443. The third-order valence-corrected chi connectivity index (χ3v) is 15.0. The smallest absolute Gasteiger partial charge is 0.0468 e. The summed E-state index contributed by atoms with van der Waals surface area (Å²) in [5, 5.41) is 5.63. The molecule has 0 spiro atoms. The molecule has 2 fully saturated rings. The molecule has 7 aromatic rings. The highest BCUT2D eigenvalue weighted by molar-refractivity contribution is 8.00. The van der Waals surface area contributed by atoms with E-state index in [0.29, 0.717) is 23.0 Å². The molecule has 1 aliphatic heterocycles. The highest BCUT2D eigenvalue weighted by Gasteiger charge is 2.32. The predicted octanol–water partition coefficient (Wildman–Crippen LogP) is 14.7. The van der Waals surface area contributed by atoms with Crippen molar-refractivity contribution in [2.45, 2.75) is 92.1 Å². The Labute approximate surface area is 353 Å². The van der Waals surface area contributed by atoms with Crippen LogP contribution in [-0.4, -0.2) is 5.25 Å². The molecule has 59 heavy (non-hydrogen) atoms. The molecule has 3 heteroatoms. The second kappa shape index (κ2) is 15.9. The lowest BCUT2D eigenvalue weighted by atomic mass is 9.84. The molecule has 2 saturated carbocycles. The minimum Gasteiger partial charge on any atom is -0.310 e. The molecular weight excluding hydrogens is 733 g/mol. The van der Waals surface area contributed by atoms with Gasteiger partial charge in [0.1, 0.15) is 0 Å². The van der Waals surface area contributed by atoms with Crippen LogP contribution in [-0.2, 0) is 0 Å². The Morgan fingerprint density at radius 2 is 0.898 bits per heavy atom. The molecule has 4 aliphatic rings.